The molecular weight excluding hydrogens is 264 g/mol. The standard InChI is InChI=1S/C17H22N2O2/c1-2-10-18-17-8-7-14(12-19-17)13-21-16-6-4-3-5-15(16)9-11-20/h3-8,12,20H,2,9-11,13H2,1H3,(H,18,19). The molecule has 0 spiro atoms. The van der Waals surface area contributed by atoms with E-state index in [0.717, 1.165) is 35.7 Å². The van der Waals surface area contributed by atoms with Crippen molar-refractivity contribution >= 4 is 5.82 Å². The molecule has 0 radical (unpaired) electrons. The highest BCUT2D eigenvalue weighted by Gasteiger charge is 2.03. The Bertz CT molecular complexity index is 541. The summed E-state index contributed by atoms with van der Waals surface area (Å²) in [5, 5.41) is 12.3. The van der Waals surface area contributed by atoms with Gasteiger partial charge in [-0.15, -0.1) is 0 Å². The molecule has 0 fully saturated rings. The number of anilines is 1. The largest absolute Gasteiger partial charge is 0.489 e. The number of aliphatic hydroxyl groups is 1. The fourth-order valence-corrected chi connectivity index (χ4v) is 2.00. The van der Waals surface area contributed by atoms with Crippen LogP contribution in [0, 0.1) is 0 Å². The van der Waals surface area contributed by atoms with Gasteiger partial charge in [0, 0.05) is 24.9 Å². The summed E-state index contributed by atoms with van der Waals surface area (Å²) in [5.74, 6) is 1.71. The van der Waals surface area contributed by atoms with Crippen molar-refractivity contribution in [2.45, 2.75) is 26.4 Å². The summed E-state index contributed by atoms with van der Waals surface area (Å²) < 4.78 is 5.83. The van der Waals surface area contributed by atoms with Gasteiger partial charge in [-0.3, -0.25) is 0 Å². The number of nitrogens with one attached hydrogen (secondary N) is 1. The first-order chi connectivity index (χ1) is 10.3. The van der Waals surface area contributed by atoms with Gasteiger partial charge in [0.15, 0.2) is 0 Å². The van der Waals surface area contributed by atoms with E-state index < -0.39 is 0 Å². The Morgan fingerprint density at radius 3 is 2.76 bits per heavy atom. The molecule has 0 atom stereocenters. The number of benzene rings is 1. The third kappa shape index (κ3) is 4.76. The molecule has 0 aliphatic rings. The highest BCUT2D eigenvalue weighted by molar-refractivity contribution is 5.36. The maximum atomic E-state index is 9.06. The van der Waals surface area contributed by atoms with Crippen LogP contribution in [0.3, 0.4) is 0 Å². The van der Waals surface area contributed by atoms with Gasteiger partial charge >= 0.3 is 0 Å². The Morgan fingerprint density at radius 2 is 2.05 bits per heavy atom. The lowest BCUT2D eigenvalue weighted by molar-refractivity contribution is 0.284. The van der Waals surface area contributed by atoms with Gasteiger partial charge in [-0.1, -0.05) is 31.2 Å². The van der Waals surface area contributed by atoms with E-state index in [1.54, 1.807) is 0 Å². The van der Waals surface area contributed by atoms with Gasteiger partial charge in [0.1, 0.15) is 18.2 Å². The summed E-state index contributed by atoms with van der Waals surface area (Å²) in [7, 11) is 0. The van der Waals surface area contributed by atoms with Crippen LogP contribution in [0.4, 0.5) is 5.82 Å². The predicted octanol–water partition coefficient (Wildman–Crippen LogP) is 3.02. The zero-order valence-corrected chi connectivity index (χ0v) is 12.4. The maximum Gasteiger partial charge on any atom is 0.125 e. The zero-order valence-electron chi connectivity index (χ0n) is 12.4. The van der Waals surface area contributed by atoms with Gasteiger partial charge in [-0.05, 0) is 30.5 Å². The Labute approximate surface area is 125 Å². The van der Waals surface area contributed by atoms with Crippen LogP contribution in [-0.2, 0) is 13.0 Å². The molecule has 21 heavy (non-hydrogen) atoms. The summed E-state index contributed by atoms with van der Waals surface area (Å²) in [4.78, 5) is 4.36. The molecule has 0 bridgehead atoms. The second-order valence-electron chi connectivity index (χ2n) is 4.85. The van der Waals surface area contributed by atoms with Crippen LogP contribution in [0.2, 0.25) is 0 Å². The average Bonchev–Trinajstić information content (AvgIpc) is 2.53. The van der Waals surface area contributed by atoms with Crippen LogP contribution in [0.1, 0.15) is 24.5 Å². The summed E-state index contributed by atoms with van der Waals surface area (Å²) in [6.07, 6.45) is 3.51. The molecule has 0 aliphatic carbocycles. The summed E-state index contributed by atoms with van der Waals surface area (Å²) in [6.45, 7) is 3.65. The molecule has 0 unspecified atom stereocenters. The van der Waals surface area contributed by atoms with Gasteiger partial charge in [-0.25, -0.2) is 4.98 Å². The molecule has 1 aromatic carbocycles. The minimum Gasteiger partial charge on any atom is -0.489 e. The molecule has 0 amide bonds. The van der Waals surface area contributed by atoms with Crippen LogP contribution in [0.25, 0.3) is 0 Å². The number of hydrogen-bond donors (Lipinski definition) is 2. The normalized spacial score (nSPS) is 10.4. The van der Waals surface area contributed by atoms with Gasteiger partial charge in [-0.2, -0.15) is 0 Å². The highest BCUT2D eigenvalue weighted by atomic mass is 16.5. The first-order valence-electron chi connectivity index (χ1n) is 7.34. The Balaban J connectivity index is 1.93. The molecule has 0 aliphatic heterocycles. The number of hydrogen-bond acceptors (Lipinski definition) is 4. The lowest BCUT2D eigenvalue weighted by Gasteiger charge is -2.11. The molecule has 4 heteroatoms. The van der Waals surface area contributed by atoms with Gasteiger partial charge in [0.2, 0.25) is 0 Å². The van der Waals surface area contributed by atoms with Crippen molar-refractivity contribution in [3.63, 3.8) is 0 Å². The van der Waals surface area contributed by atoms with E-state index in [1.807, 2.05) is 42.6 Å². The summed E-state index contributed by atoms with van der Waals surface area (Å²) in [6, 6.07) is 11.8. The number of ether oxygens (including phenoxy) is 1. The van der Waals surface area contributed by atoms with E-state index in [1.165, 1.54) is 0 Å². The lowest BCUT2D eigenvalue weighted by Crippen LogP contribution is -2.03. The van der Waals surface area contributed by atoms with Crippen molar-refractivity contribution in [1.82, 2.24) is 4.98 Å². The molecular formula is C17H22N2O2. The van der Waals surface area contributed by atoms with E-state index in [9.17, 15) is 0 Å². The number of aliphatic hydroxyl groups excluding tert-OH is 1. The minimum atomic E-state index is 0.125. The van der Waals surface area contributed by atoms with Gasteiger partial charge < -0.3 is 15.2 Å². The Hall–Kier alpha value is -2.07. The van der Waals surface area contributed by atoms with E-state index in [4.69, 9.17) is 9.84 Å². The van der Waals surface area contributed by atoms with E-state index in [2.05, 4.69) is 17.2 Å². The predicted molar refractivity (Wildman–Crippen MR) is 84.6 cm³/mol. The average molecular weight is 286 g/mol. The molecule has 1 heterocycles. The smallest absolute Gasteiger partial charge is 0.125 e. The highest BCUT2D eigenvalue weighted by Crippen LogP contribution is 2.19. The topological polar surface area (TPSA) is 54.4 Å². The first-order valence-corrected chi connectivity index (χ1v) is 7.34. The summed E-state index contributed by atoms with van der Waals surface area (Å²) in [5.41, 5.74) is 2.05. The SMILES string of the molecule is CCCNc1ccc(COc2ccccc2CCO)cn1. The molecule has 0 saturated heterocycles. The van der Waals surface area contributed by atoms with Crippen molar-refractivity contribution in [2.24, 2.45) is 0 Å². The Kier molecular flexibility index (Phi) is 6.03. The monoisotopic (exact) mass is 286 g/mol. The molecule has 2 rings (SSSR count). The van der Waals surface area contributed by atoms with Gasteiger partial charge in [0.25, 0.3) is 0 Å². The fraction of sp³-hybridized carbons (Fsp3) is 0.353. The second kappa shape index (κ2) is 8.27. The molecule has 2 aromatic rings. The molecule has 1 aromatic heterocycles. The Morgan fingerprint density at radius 1 is 1.19 bits per heavy atom. The van der Waals surface area contributed by atoms with E-state index in [-0.39, 0.29) is 6.61 Å². The third-order valence-electron chi connectivity index (χ3n) is 3.13. The van der Waals surface area contributed by atoms with Crippen LogP contribution in [-0.4, -0.2) is 23.2 Å². The van der Waals surface area contributed by atoms with Crippen LogP contribution >= 0.6 is 0 Å². The molecule has 0 saturated carbocycles. The van der Waals surface area contributed by atoms with E-state index >= 15 is 0 Å². The number of nitrogens with zero attached hydrogens (tertiary/aromatic N) is 1. The number of para-hydroxylation sites is 1. The molecule has 2 N–H and O–H groups in total. The summed E-state index contributed by atoms with van der Waals surface area (Å²) >= 11 is 0. The zero-order chi connectivity index (χ0) is 14.9. The van der Waals surface area contributed by atoms with Crippen LogP contribution in [0.15, 0.2) is 42.6 Å². The second-order valence-corrected chi connectivity index (χ2v) is 4.85. The maximum absolute atomic E-state index is 9.06. The molecule has 112 valence electrons. The van der Waals surface area contributed by atoms with Crippen LogP contribution < -0.4 is 10.1 Å². The van der Waals surface area contributed by atoms with Crippen molar-refractivity contribution in [3.05, 3.63) is 53.7 Å². The number of aromatic nitrogens is 1. The number of pyridine rings is 1. The van der Waals surface area contributed by atoms with Crippen LogP contribution in [0.5, 0.6) is 5.75 Å². The van der Waals surface area contributed by atoms with Crippen molar-refractivity contribution in [3.8, 4) is 5.75 Å². The van der Waals surface area contributed by atoms with Crippen molar-refractivity contribution in [2.75, 3.05) is 18.5 Å². The first kappa shape index (κ1) is 15.3. The fourth-order valence-electron chi connectivity index (χ4n) is 2.00. The lowest BCUT2D eigenvalue weighted by atomic mass is 10.1. The molecule has 4 nitrogen and oxygen atoms in total. The van der Waals surface area contributed by atoms with Crippen molar-refractivity contribution < 1.29 is 9.84 Å². The quantitative estimate of drug-likeness (QED) is 0.783. The minimum absolute atomic E-state index is 0.125. The van der Waals surface area contributed by atoms with Gasteiger partial charge in [0.05, 0.1) is 0 Å². The number of rotatable bonds is 8. The van der Waals surface area contributed by atoms with E-state index in [0.29, 0.717) is 13.0 Å². The van der Waals surface area contributed by atoms with Crippen molar-refractivity contribution in [1.29, 1.82) is 0 Å². The third-order valence-corrected chi connectivity index (χ3v) is 3.13.